The summed E-state index contributed by atoms with van der Waals surface area (Å²) in [6.45, 7) is 0. The van der Waals surface area contributed by atoms with Gasteiger partial charge in [-0.3, -0.25) is 9.59 Å². The van der Waals surface area contributed by atoms with Gasteiger partial charge in [0.05, 0.1) is 0 Å². The van der Waals surface area contributed by atoms with Crippen molar-refractivity contribution in [1.29, 1.82) is 0 Å². The Kier molecular flexibility index (Phi) is 18.9. The van der Waals surface area contributed by atoms with Gasteiger partial charge in [-0.2, -0.15) is 23.5 Å². The molecule has 2 nitrogen and oxygen atoms in total. The quantitative estimate of drug-likeness (QED) is 0.397. The van der Waals surface area contributed by atoms with Crippen molar-refractivity contribution < 1.29 is 9.59 Å². The lowest BCUT2D eigenvalue weighted by Crippen LogP contribution is -1.98. The Labute approximate surface area is 183 Å². The Hall–Kier alpha value is 0.0400. The van der Waals surface area contributed by atoms with Crippen molar-refractivity contribution in [3.63, 3.8) is 0 Å². The number of hydrogen-bond donors (Lipinski definition) is 0. The Bertz CT molecular complexity index is 317. The first kappa shape index (κ1) is 26.1. The van der Waals surface area contributed by atoms with E-state index in [1.54, 1.807) is 0 Å². The molecule has 0 spiro atoms. The minimum atomic E-state index is 0.491. The van der Waals surface area contributed by atoms with Gasteiger partial charge in [0.25, 0.3) is 0 Å². The number of carbonyl (C=O) groups is 2. The molecule has 0 saturated carbocycles. The van der Waals surface area contributed by atoms with Crippen LogP contribution in [0.15, 0.2) is 0 Å². The number of ketones is 2. The zero-order valence-electron chi connectivity index (χ0n) is 18.2. The third-order valence-electron chi connectivity index (χ3n) is 5.48. The normalized spacial score (nSPS) is 23.3. The van der Waals surface area contributed by atoms with Crippen molar-refractivity contribution in [2.24, 2.45) is 0 Å². The fourth-order valence-electron chi connectivity index (χ4n) is 3.64. The summed E-state index contributed by atoms with van der Waals surface area (Å²) < 4.78 is 0. The van der Waals surface area contributed by atoms with Gasteiger partial charge in [0.2, 0.25) is 0 Å². The SMILES string of the molecule is O=C1CCCCCCCCSCCC1.O=C1CCCCCCCSCCCC1. The summed E-state index contributed by atoms with van der Waals surface area (Å²) in [6, 6.07) is 0. The molecule has 28 heavy (non-hydrogen) atoms. The maximum absolute atomic E-state index is 11.4. The lowest BCUT2D eigenvalue weighted by molar-refractivity contribution is -0.120. The van der Waals surface area contributed by atoms with Crippen LogP contribution in [0.3, 0.4) is 0 Å². The second kappa shape index (κ2) is 20.3. The standard InChI is InChI=1S/2C12H22OS/c13-12-8-4-2-1-3-6-10-14-11-7-5-9-12;13-12-8-5-3-1-2-4-6-10-14-11-7-9-12/h2*1-11H2. The van der Waals surface area contributed by atoms with Crippen LogP contribution in [0.2, 0.25) is 0 Å². The third kappa shape index (κ3) is 18.1. The van der Waals surface area contributed by atoms with E-state index in [2.05, 4.69) is 11.8 Å². The maximum Gasteiger partial charge on any atom is 0.132 e. The summed E-state index contributed by atoms with van der Waals surface area (Å²) in [5.74, 6) is 6.06. The van der Waals surface area contributed by atoms with E-state index in [1.807, 2.05) is 11.8 Å². The average molecular weight is 429 g/mol. The zero-order chi connectivity index (χ0) is 20.1. The molecule has 2 fully saturated rings. The molecule has 0 aromatic rings. The number of rotatable bonds is 0. The molecule has 2 heterocycles. The number of thioether (sulfide) groups is 2. The van der Waals surface area contributed by atoms with Crippen molar-refractivity contribution in [1.82, 2.24) is 0 Å². The van der Waals surface area contributed by atoms with E-state index in [4.69, 9.17) is 0 Å². The Morgan fingerprint density at radius 2 is 0.643 bits per heavy atom. The minimum Gasteiger partial charge on any atom is -0.300 e. The van der Waals surface area contributed by atoms with E-state index in [0.717, 1.165) is 51.4 Å². The first-order valence-electron chi connectivity index (χ1n) is 12.0. The fraction of sp³-hybridized carbons (Fsp3) is 0.917. The highest BCUT2D eigenvalue weighted by Gasteiger charge is 2.04. The van der Waals surface area contributed by atoms with Gasteiger partial charge in [-0.25, -0.2) is 0 Å². The van der Waals surface area contributed by atoms with Gasteiger partial charge in [0, 0.05) is 25.7 Å². The number of Topliss-reactive ketones (excluding diaryl/α,β-unsaturated/α-hetero) is 2. The zero-order valence-corrected chi connectivity index (χ0v) is 19.8. The van der Waals surface area contributed by atoms with E-state index in [0.29, 0.717) is 11.6 Å². The van der Waals surface area contributed by atoms with Crippen molar-refractivity contribution in [3.8, 4) is 0 Å². The van der Waals surface area contributed by atoms with E-state index >= 15 is 0 Å². The highest BCUT2D eigenvalue weighted by Crippen LogP contribution is 2.15. The monoisotopic (exact) mass is 428 g/mol. The average Bonchev–Trinajstić information content (AvgIpc) is 2.73. The third-order valence-corrected chi connectivity index (χ3v) is 7.79. The molecule has 4 heteroatoms. The first-order chi connectivity index (χ1) is 13.8. The molecule has 0 radical (unpaired) electrons. The molecule has 2 aliphatic heterocycles. The lowest BCUT2D eigenvalue weighted by atomic mass is 10.1. The van der Waals surface area contributed by atoms with E-state index in [9.17, 15) is 9.59 Å². The van der Waals surface area contributed by atoms with Gasteiger partial charge in [-0.1, -0.05) is 44.9 Å². The van der Waals surface area contributed by atoms with Gasteiger partial charge in [0.1, 0.15) is 11.6 Å². The lowest BCUT2D eigenvalue weighted by Gasteiger charge is -1.99. The maximum atomic E-state index is 11.4. The molecule has 2 rings (SSSR count). The Morgan fingerprint density at radius 3 is 1.14 bits per heavy atom. The molecular formula is C24H44O2S2. The van der Waals surface area contributed by atoms with Gasteiger partial charge in [0.15, 0.2) is 0 Å². The predicted octanol–water partition coefficient (Wildman–Crippen LogP) is 7.63. The van der Waals surface area contributed by atoms with Crippen LogP contribution in [-0.2, 0) is 9.59 Å². The molecular weight excluding hydrogens is 384 g/mol. The van der Waals surface area contributed by atoms with Crippen molar-refractivity contribution in [2.45, 2.75) is 116 Å². The van der Waals surface area contributed by atoms with Crippen LogP contribution in [-0.4, -0.2) is 34.6 Å². The molecule has 0 bridgehead atoms. The van der Waals surface area contributed by atoms with Crippen LogP contribution in [0.1, 0.15) is 116 Å². The van der Waals surface area contributed by atoms with Crippen LogP contribution in [0.5, 0.6) is 0 Å². The Balaban J connectivity index is 0.000000280. The summed E-state index contributed by atoms with van der Waals surface area (Å²) in [7, 11) is 0. The van der Waals surface area contributed by atoms with Crippen LogP contribution in [0.25, 0.3) is 0 Å². The summed E-state index contributed by atoms with van der Waals surface area (Å²) >= 11 is 4.09. The molecule has 0 aliphatic carbocycles. The molecule has 0 unspecified atom stereocenters. The second-order valence-electron chi connectivity index (χ2n) is 8.25. The molecule has 0 atom stereocenters. The summed E-state index contributed by atoms with van der Waals surface area (Å²) in [5, 5.41) is 0. The van der Waals surface area contributed by atoms with Gasteiger partial charge < -0.3 is 0 Å². The van der Waals surface area contributed by atoms with Crippen LogP contribution in [0.4, 0.5) is 0 Å². The highest BCUT2D eigenvalue weighted by molar-refractivity contribution is 7.99. The molecule has 2 aliphatic rings. The van der Waals surface area contributed by atoms with Gasteiger partial charge in [-0.05, 0) is 68.0 Å². The molecule has 0 N–H and O–H groups in total. The summed E-state index contributed by atoms with van der Waals surface area (Å²) in [6.07, 6.45) is 21.1. The summed E-state index contributed by atoms with van der Waals surface area (Å²) in [5.41, 5.74) is 0. The molecule has 0 aromatic heterocycles. The molecule has 2 saturated heterocycles. The molecule has 0 amide bonds. The van der Waals surface area contributed by atoms with E-state index < -0.39 is 0 Å². The first-order valence-corrected chi connectivity index (χ1v) is 14.3. The van der Waals surface area contributed by atoms with Gasteiger partial charge >= 0.3 is 0 Å². The topological polar surface area (TPSA) is 34.1 Å². The predicted molar refractivity (Wildman–Crippen MR) is 128 cm³/mol. The number of carbonyl (C=O) groups excluding carboxylic acids is 2. The highest BCUT2D eigenvalue weighted by atomic mass is 32.2. The molecule has 164 valence electrons. The summed E-state index contributed by atoms with van der Waals surface area (Å²) in [4.78, 5) is 22.8. The van der Waals surface area contributed by atoms with Crippen LogP contribution < -0.4 is 0 Å². The Morgan fingerprint density at radius 1 is 0.357 bits per heavy atom. The van der Waals surface area contributed by atoms with Gasteiger partial charge in [-0.15, -0.1) is 0 Å². The van der Waals surface area contributed by atoms with Crippen molar-refractivity contribution >= 4 is 35.1 Å². The smallest absolute Gasteiger partial charge is 0.132 e. The fourth-order valence-corrected chi connectivity index (χ4v) is 5.62. The van der Waals surface area contributed by atoms with E-state index in [1.165, 1.54) is 87.2 Å². The van der Waals surface area contributed by atoms with Crippen LogP contribution >= 0.6 is 23.5 Å². The minimum absolute atomic E-state index is 0.491. The van der Waals surface area contributed by atoms with Crippen molar-refractivity contribution in [2.75, 3.05) is 23.0 Å². The second-order valence-corrected chi connectivity index (χ2v) is 10.7. The number of hydrogen-bond acceptors (Lipinski definition) is 4. The molecule has 0 aromatic carbocycles. The largest absolute Gasteiger partial charge is 0.300 e. The van der Waals surface area contributed by atoms with Crippen molar-refractivity contribution in [3.05, 3.63) is 0 Å². The van der Waals surface area contributed by atoms with E-state index in [-0.39, 0.29) is 0 Å². The van der Waals surface area contributed by atoms with Crippen LogP contribution in [0, 0.1) is 0 Å².